The third kappa shape index (κ3) is 3.89. The smallest absolute Gasteiger partial charge is 0.122 e. The quantitative estimate of drug-likeness (QED) is 0.737. The number of ether oxygens (including phenoxy) is 1. The van der Waals surface area contributed by atoms with Gasteiger partial charge in [-0.3, -0.25) is 4.90 Å². The molecule has 0 unspecified atom stereocenters. The van der Waals surface area contributed by atoms with Gasteiger partial charge in [0.15, 0.2) is 0 Å². The van der Waals surface area contributed by atoms with E-state index in [9.17, 15) is 0 Å². The third-order valence-corrected chi connectivity index (χ3v) is 4.58. The van der Waals surface area contributed by atoms with Gasteiger partial charge in [0, 0.05) is 32.0 Å². The largest absolute Gasteiger partial charge is 0.372 e. The molecule has 0 spiro atoms. The van der Waals surface area contributed by atoms with Gasteiger partial charge < -0.3 is 9.30 Å². The fraction of sp³-hybridized carbons (Fsp3) is 0.421. The van der Waals surface area contributed by atoms with Gasteiger partial charge in [0.05, 0.1) is 19.3 Å². The Hall–Kier alpha value is -1.91. The average Bonchev–Trinajstić information content (AvgIpc) is 3.14. The lowest BCUT2D eigenvalue weighted by atomic mass is 10.0. The molecule has 0 N–H and O–H groups in total. The lowest BCUT2D eigenvalue weighted by Gasteiger charge is -2.28. The maximum absolute atomic E-state index is 6.03. The summed E-state index contributed by atoms with van der Waals surface area (Å²) in [7, 11) is 2.05. The molecule has 1 fully saturated rings. The van der Waals surface area contributed by atoms with E-state index in [0.717, 1.165) is 31.8 Å². The molecule has 1 aliphatic heterocycles. The molecular formula is C19H25N3O. The van der Waals surface area contributed by atoms with E-state index >= 15 is 0 Å². The van der Waals surface area contributed by atoms with Gasteiger partial charge in [0.1, 0.15) is 5.82 Å². The summed E-state index contributed by atoms with van der Waals surface area (Å²) in [5, 5.41) is 0. The normalized spacial score (nSPS) is 21.6. The minimum absolute atomic E-state index is 0.258. The summed E-state index contributed by atoms with van der Waals surface area (Å²) >= 11 is 0. The topological polar surface area (TPSA) is 30.3 Å². The number of aromatic nitrogens is 2. The van der Waals surface area contributed by atoms with Gasteiger partial charge in [-0.25, -0.2) is 4.98 Å². The number of imidazole rings is 1. The highest BCUT2D eigenvalue weighted by Crippen LogP contribution is 2.26. The molecule has 1 aliphatic rings. The van der Waals surface area contributed by atoms with Crippen molar-refractivity contribution in [1.82, 2.24) is 14.5 Å². The molecule has 2 heterocycles. The van der Waals surface area contributed by atoms with E-state index < -0.39 is 0 Å². The molecule has 2 atom stereocenters. The van der Waals surface area contributed by atoms with Crippen LogP contribution in [0, 0.1) is 0 Å². The molecule has 1 aromatic heterocycles. The fourth-order valence-electron chi connectivity index (χ4n) is 3.32. The van der Waals surface area contributed by atoms with Crippen molar-refractivity contribution < 1.29 is 4.74 Å². The first-order valence-electron chi connectivity index (χ1n) is 8.24. The Bertz CT molecular complexity index is 623. The Morgan fingerprint density at radius 1 is 1.35 bits per heavy atom. The Labute approximate surface area is 138 Å². The number of likely N-dealkylation sites (tertiary alicyclic amines) is 1. The van der Waals surface area contributed by atoms with Crippen LogP contribution in [0.15, 0.2) is 55.4 Å². The number of hydrogen-bond acceptors (Lipinski definition) is 3. The van der Waals surface area contributed by atoms with Crippen molar-refractivity contribution >= 4 is 0 Å². The molecule has 0 bridgehead atoms. The third-order valence-electron chi connectivity index (χ3n) is 4.58. The average molecular weight is 311 g/mol. The maximum Gasteiger partial charge on any atom is 0.122 e. The zero-order valence-electron chi connectivity index (χ0n) is 13.8. The van der Waals surface area contributed by atoms with E-state index in [0.29, 0.717) is 12.6 Å². The molecule has 4 nitrogen and oxygen atoms in total. The Balaban J connectivity index is 1.74. The van der Waals surface area contributed by atoms with Gasteiger partial charge in [-0.05, 0) is 18.4 Å². The summed E-state index contributed by atoms with van der Waals surface area (Å²) in [5.74, 6) is 1.10. The first kappa shape index (κ1) is 16.0. The summed E-state index contributed by atoms with van der Waals surface area (Å²) in [6.45, 7) is 6.31. The predicted octanol–water partition coefficient (Wildman–Crippen LogP) is 2.81. The second kappa shape index (κ2) is 7.57. The van der Waals surface area contributed by atoms with Crippen LogP contribution in [0.1, 0.15) is 17.8 Å². The van der Waals surface area contributed by atoms with Crippen LogP contribution >= 0.6 is 0 Å². The monoisotopic (exact) mass is 311 g/mol. The van der Waals surface area contributed by atoms with E-state index in [4.69, 9.17) is 4.74 Å². The molecule has 2 aromatic rings. The van der Waals surface area contributed by atoms with Crippen LogP contribution in [-0.2, 0) is 24.8 Å². The van der Waals surface area contributed by atoms with Crippen molar-refractivity contribution in [2.45, 2.75) is 31.5 Å². The highest BCUT2D eigenvalue weighted by molar-refractivity contribution is 5.17. The number of benzene rings is 1. The summed E-state index contributed by atoms with van der Waals surface area (Å²) in [4.78, 5) is 6.98. The predicted molar refractivity (Wildman–Crippen MR) is 92.1 cm³/mol. The number of nitrogens with zero attached hydrogens (tertiary/aromatic N) is 3. The molecule has 1 saturated heterocycles. The van der Waals surface area contributed by atoms with Crippen LogP contribution < -0.4 is 0 Å². The second-order valence-corrected chi connectivity index (χ2v) is 6.13. The zero-order valence-corrected chi connectivity index (χ0v) is 13.8. The molecule has 23 heavy (non-hydrogen) atoms. The molecule has 0 amide bonds. The lowest BCUT2D eigenvalue weighted by molar-refractivity contribution is 0.0415. The van der Waals surface area contributed by atoms with E-state index in [-0.39, 0.29) is 6.10 Å². The van der Waals surface area contributed by atoms with Gasteiger partial charge in [0.2, 0.25) is 0 Å². The summed E-state index contributed by atoms with van der Waals surface area (Å²) in [6.07, 6.45) is 8.03. The fourth-order valence-corrected chi connectivity index (χ4v) is 3.32. The van der Waals surface area contributed by atoms with Crippen molar-refractivity contribution in [3.05, 3.63) is 66.8 Å². The highest BCUT2D eigenvalue weighted by atomic mass is 16.5. The van der Waals surface area contributed by atoms with Crippen LogP contribution in [0.2, 0.25) is 0 Å². The van der Waals surface area contributed by atoms with Gasteiger partial charge in [-0.15, -0.1) is 6.58 Å². The second-order valence-electron chi connectivity index (χ2n) is 6.13. The summed E-state index contributed by atoms with van der Waals surface area (Å²) < 4.78 is 8.12. The molecule has 0 saturated carbocycles. The SMILES string of the molecule is C=CCO[C@@H]1CCN(Cc2nccn2C)[C@@H]1Cc1ccccc1. The molecule has 3 rings (SSSR count). The van der Waals surface area contributed by atoms with Crippen LogP contribution in [-0.4, -0.2) is 39.7 Å². The molecule has 122 valence electrons. The van der Waals surface area contributed by atoms with Crippen molar-refractivity contribution in [3.63, 3.8) is 0 Å². The van der Waals surface area contributed by atoms with Gasteiger partial charge in [0.25, 0.3) is 0 Å². The Morgan fingerprint density at radius 2 is 2.17 bits per heavy atom. The Morgan fingerprint density at radius 3 is 2.87 bits per heavy atom. The first-order chi connectivity index (χ1) is 11.3. The van der Waals surface area contributed by atoms with Crippen LogP contribution in [0.3, 0.4) is 0 Å². The summed E-state index contributed by atoms with van der Waals surface area (Å²) in [6, 6.07) is 11.0. The zero-order chi connectivity index (χ0) is 16.1. The van der Waals surface area contributed by atoms with E-state index in [1.54, 1.807) is 0 Å². The molecule has 0 radical (unpaired) electrons. The minimum atomic E-state index is 0.258. The molecule has 1 aromatic carbocycles. The van der Waals surface area contributed by atoms with E-state index in [1.165, 1.54) is 5.56 Å². The van der Waals surface area contributed by atoms with E-state index in [2.05, 4.69) is 58.4 Å². The van der Waals surface area contributed by atoms with Crippen LogP contribution in [0.4, 0.5) is 0 Å². The maximum atomic E-state index is 6.03. The summed E-state index contributed by atoms with van der Waals surface area (Å²) in [5.41, 5.74) is 1.36. The molecular weight excluding hydrogens is 286 g/mol. The highest BCUT2D eigenvalue weighted by Gasteiger charge is 2.35. The first-order valence-corrected chi connectivity index (χ1v) is 8.24. The molecule has 0 aliphatic carbocycles. The lowest BCUT2D eigenvalue weighted by Crippen LogP contribution is -2.38. The van der Waals surface area contributed by atoms with Crippen molar-refractivity contribution in [1.29, 1.82) is 0 Å². The van der Waals surface area contributed by atoms with Gasteiger partial charge >= 0.3 is 0 Å². The van der Waals surface area contributed by atoms with Crippen LogP contribution in [0.5, 0.6) is 0 Å². The van der Waals surface area contributed by atoms with Crippen molar-refractivity contribution in [3.8, 4) is 0 Å². The van der Waals surface area contributed by atoms with Crippen LogP contribution in [0.25, 0.3) is 0 Å². The minimum Gasteiger partial charge on any atom is -0.372 e. The van der Waals surface area contributed by atoms with Gasteiger partial charge in [-0.1, -0.05) is 36.4 Å². The van der Waals surface area contributed by atoms with Crippen molar-refractivity contribution in [2.75, 3.05) is 13.2 Å². The standard InChI is InChI=1S/C19H25N3O/c1-3-13-23-18-9-11-22(15-19-20-10-12-21(19)2)17(18)14-16-7-5-4-6-8-16/h3-8,10,12,17-18H,1,9,11,13-15H2,2H3/t17-,18-/m1/s1. The van der Waals surface area contributed by atoms with Gasteiger partial charge in [-0.2, -0.15) is 0 Å². The van der Waals surface area contributed by atoms with Crippen molar-refractivity contribution in [2.24, 2.45) is 7.05 Å². The number of rotatable bonds is 7. The number of hydrogen-bond donors (Lipinski definition) is 0. The Kier molecular flexibility index (Phi) is 5.26. The molecule has 4 heteroatoms. The number of aryl methyl sites for hydroxylation is 1. The van der Waals surface area contributed by atoms with E-state index in [1.807, 2.05) is 18.5 Å².